The number of nitro benzene ring substituents is 1. The first kappa shape index (κ1) is 18.9. The van der Waals surface area contributed by atoms with Crippen molar-refractivity contribution in [3.8, 4) is 11.8 Å². The number of nitro groups is 1. The summed E-state index contributed by atoms with van der Waals surface area (Å²) in [5, 5.41) is 20.5. The number of carbonyl (C=O) groups is 2. The molecule has 9 nitrogen and oxygen atoms in total. The molecule has 1 atom stereocenters. The largest absolute Gasteiger partial charge is 0.496 e. The number of esters is 2. The second-order valence-electron chi connectivity index (χ2n) is 4.40. The van der Waals surface area contributed by atoms with Crippen LogP contribution >= 0.6 is 0 Å². The molecule has 1 rings (SSSR count). The highest BCUT2D eigenvalue weighted by atomic mass is 16.6. The molecule has 0 aliphatic carbocycles. The van der Waals surface area contributed by atoms with Gasteiger partial charge >= 0.3 is 11.9 Å². The van der Waals surface area contributed by atoms with Gasteiger partial charge in [0.25, 0.3) is 5.69 Å². The van der Waals surface area contributed by atoms with Crippen molar-refractivity contribution in [1.82, 2.24) is 0 Å². The van der Waals surface area contributed by atoms with E-state index < -0.39 is 28.5 Å². The molecule has 0 heterocycles. The van der Waals surface area contributed by atoms with Crippen molar-refractivity contribution in [3.63, 3.8) is 0 Å². The molecule has 1 aromatic rings. The highest BCUT2D eigenvalue weighted by Crippen LogP contribution is 2.34. The van der Waals surface area contributed by atoms with E-state index in [-0.39, 0.29) is 30.1 Å². The summed E-state index contributed by atoms with van der Waals surface area (Å²) >= 11 is 0. The number of rotatable bonds is 7. The number of methoxy groups -OCH3 is 1. The lowest BCUT2D eigenvalue weighted by atomic mass is 9.96. The summed E-state index contributed by atoms with van der Waals surface area (Å²) in [7, 11) is 1.25. The number of nitriles is 1. The van der Waals surface area contributed by atoms with Crippen LogP contribution in [0.25, 0.3) is 0 Å². The van der Waals surface area contributed by atoms with Crippen LogP contribution < -0.4 is 4.74 Å². The standard InChI is InChI=1S/C15H16N2O7/c1-4-23-14(18)10-6-12(17(20)21)9(7-13(10)22-3)11(8-16)15(19)24-5-2/h6-7,11H,4-5H2,1-3H3. The molecule has 0 spiro atoms. The van der Waals surface area contributed by atoms with Crippen molar-refractivity contribution in [2.45, 2.75) is 19.8 Å². The van der Waals surface area contributed by atoms with Crippen molar-refractivity contribution in [2.24, 2.45) is 0 Å². The zero-order chi connectivity index (χ0) is 18.3. The minimum absolute atomic E-state index is 0.0167. The van der Waals surface area contributed by atoms with Gasteiger partial charge in [0, 0.05) is 6.07 Å². The Morgan fingerprint density at radius 3 is 2.38 bits per heavy atom. The third-order valence-electron chi connectivity index (χ3n) is 3.00. The summed E-state index contributed by atoms with van der Waals surface area (Å²) in [6.45, 7) is 3.22. The van der Waals surface area contributed by atoms with Crippen LogP contribution in [0.1, 0.15) is 35.7 Å². The Hall–Kier alpha value is -3.15. The average Bonchev–Trinajstić information content (AvgIpc) is 2.55. The van der Waals surface area contributed by atoms with Crippen molar-refractivity contribution < 1.29 is 28.7 Å². The van der Waals surface area contributed by atoms with E-state index in [0.717, 1.165) is 12.1 Å². The summed E-state index contributed by atoms with van der Waals surface area (Å²) < 4.78 is 14.6. The predicted molar refractivity (Wildman–Crippen MR) is 80.6 cm³/mol. The second-order valence-corrected chi connectivity index (χ2v) is 4.40. The summed E-state index contributed by atoms with van der Waals surface area (Å²) in [6, 6.07) is 3.71. The van der Waals surface area contributed by atoms with Crippen LogP contribution in [0.15, 0.2) is 12.1 Å². The van der Waals surface area contributed by atoms with Crippen LogP contribution in [0.3, 0.4) is 0 Å². The number of hydrogen-bond acceptors (Lipinski definition) is 8. The Labute approximate surface area is 137 Å². The molecule has 0 saturated carbocycles. The van der Waals surface area contributed by atoms with E-state index in [4.69, 9.17) is 14.2 Å². The Balaban J connectivity index is 3.55. The molecule has 0 aliphatic rings. The van der Waals surface area contributed by atoms with Crippen molar-refractivity contribution in [2.75, 3.05) is 20.3 Å². The van der Waals surface area contributed by atoms with E-state index >= 15 is 0 Å². The number of hydrogen-bond donors (Lipinski definition) is 0. The maximum atomic E-state index is 11.9. The van der Waals surface area contributed by atoms with E-state index in [2.05, 4.69) is 0 Å². The molecule has 0 fully saturated rings. The molecule has 0 amide bonds. The van der Waals surface area contributed by atoms with Crippen LogP contribution in [0, 0.1) is 21.4 Å². The van der Waals surface area contributed by atoms with Gasteiger partial charge in [-0.1, -0.05) is 0 Å². The lowest BCUT2D eigenvalue weighted by molar-refractivity contribution is -0.385. The summed E-state index contributed by atoms with van der Waals surface area (Å²) in [5.74, 6) is -3.29. The molecule has 1 aromatic carbocycles. The minimum Gasteiger partial charge on any atom is -0.496 e. The summed E-state index contributed by atoms with van der Waals surface area (Å²) in [5.41, 5.74) is -0.959. The Morgan fingerprint density at radius 1 is 1.29 bits per heavy atom. The Bertz CT molecular complexity index is 694. The molecule has 9 heteroatoms. The number of carbonyl (C=O) groups excluding carboxylic acids is 2. The third-order valence-corrected chi connectivity index (χ3v) is 3.00. The molecule has 128 valence electrons. The fourth-order valence-corrected chi connectivity index (χ4v) is 1.99. The van der Waals surface area contributed by atoms with Crippen molar-refractivity contribution >= 4 is 17.6 Å². The van der Waals surface area contributed by atoms with E-state index in [1.807, 2.05) is 0 Å². The van der Waals surface area contributed by atoms with Gasteiger partial charge in [-0.05, 0) is 19.9 Å². The van der Waals surface area contributed by atoms with E-state index in [1.165, 1.54) is 7.11 Å². The topological polar surface area (TPSA) is 129 Å². The molecule has 0 bridgehead atoms. The normalized spacial score (nSPS) is 11.1. The maximum absolute atomic E-state index is 11.9. The third kappa shape index (κ3) is 3.98. The van der Waals surface area contributed by atoms with Crippen LogP contribution in [0.4, 0.5) is 5.69 Å². The zero-order valence-electron chi connectivity index (χ0n) is 13.4. The maximum Gasteiger partial charge on any atom is 0.342 e. The highest BCUT2D eigenvalue weighted by Gasteiger charge is 2.32. The van der Waals surface area contributed by atoms with Gasteiger partial charge < -0.3 is 14.2 Å². The van der Waals surface area contributed by atoms with Crippen molar-refractivity contribution in [1.29, 1.82) is 5.26 Å². The first-order valence-corrected chi connectivity index (χ1v) is 7.00. The molecular weight excluding hydrogens is 320 g/mol. The van der Waals surface area contributed by atoms with Gasteiger partial charge in [0.15, 0.2) is 5.92 Å². The van der Waals surface area contributed by atoms with Gasteiger partial charge in [-0.25, -0.2) is 4.79 Å². The minimum atomic E-state index is -1.52. The molecule has 0 radical (unpaired) electrons. The molecular formula is C15H16N2O7. The van der Waals surface area contributed by atoms with Gasteiger partial charge in [-0.15, -0.1) is 0 Å². The molecule has 0 aromatic heterocycles. The first-order valence-electron chi connectivity index (χ1n) is 7.00. The summed E-state index contributed by atoms with van der Waals surface area (Å²) in [6.07, 6.45) is 0. The van der Waals surface area contributed by atoms with Gasteiger partial charge in [0.2, 0.25) is 0 Å². The van der Waals surface area contributed by atoms with Gasteiger partial charge in [0.05, 0.1) is 36.9 Å². The number of benzene rings is 1. The van der Waals surface area contributed by atoms with Gasteiger partial charge in [0.1, 0.15) is 11.3 Å². The van der Waals surface area contributed by atoms with Crippen LogP contribution in [-0.4, -0.2) is 37.2 Å². The predicted octanol–water partition coefficient (Wildman–Crippen LogP) is 1.95. The van der Waals surface area contributed by atoms with Crippen LogP contribution in [0.2, 0.25) is 0 Å². The number of ether oxygens (including phenoxy) is 3. The second kappa shape index (κ2) is 8.47. The number of nitrogens with zero attached hydrogens (tertiary/aromatic N) is 2. The first-order chi connectivity index (χ1) is 11.4. The molecule has 0 saturated heterocycles. The van der Waals surface area contributed by atoms with Crippen molar-refractivity contribution in [3.05, 3.63) is 33.4 Å². The highest BCUT2D eigenvalue weighted by molar-refractivity contribution is 5.94. The van der Waals surface area contributed by atoms with E-state index in [1.54, 1.807) is 19.9 Å². The zero-order valence-corrected chi connectivity index (χ0v) is 13.4. The van der Waals surface area contributed by atoms with Crippen LogP contribution in [-0.2, 0) is 14.3 Å². The monoisotopic (exact) mass is 336 g/mol. The Kier molecular flexibility index (Phi) is 6.67. The van der Waals surface area contributed by atoms with Crippen LogP contribution in [0.5, 0.6) is 5.75 Å². The molecule has 0 aliphatic heterocycles. The van der Waals surface area contributed by atoms with Gasteiger partial charge in [-0.2, -0.15) is 5.26 Å². The lowest BCUT2D eigenvalue weighted by Gasteiger charge is -2.13. The SMILES string of the molecule is CCOC(=O)c1cc([N+](=O)[O-])c(C(C#N)C(=O)OCC)cc1OC. The molecule has 24 heavy (non-hydrogen) atoms. The van der Waals surface area contributed by atoms with E-state index in [0.29, 0.717) is 0 Å². The average molecular weight is 336 g/mol. The van der Waals surface area contributed by atoms with E-state index in [9.17, 15) is 25.0 Å². The fourth-order valence-electron chi connectivity index (χ4n) is 1.99. The molecule has 1 unspecified atom stereocenters. The van der Waals surface area contributed by atoms with Gasteiger partial charge in [-0.3, -0.25) is 14.9 Å². The fraction of sp³-hybridized carbons (Fsp3) is 0.400. The lowest BCUT2D eigenvalue weighted by Crippen LogP contribution is -2.17. The molecule has 0 N–H and O–H groups in total. The smallest absolute Gasteiger partial charge is 0.342 e. The quantitative estimate of drug-likeness (QED) is 0.419. The Morgan fingerprint density at radius 2 is 1.92 bits per heavy atom. The summed E-state index contributed by atoms with van der Waals surface area (Å²) in [4.78, 5) is 34.3.